The second-order valence-electron chi connectivity index (χ2n) is 5.67. The van der Waals surface area contributed by atoms with Crippen LogP contribution in [0.3, 0.4) is 0 Å². The molecule has 3 rings (SSSR count). The van der Waals surface area contributed by atoms with Crippen molar-refractivity contribution in [1.82, 2.24) is 0 Å². The van der Waals surface area contributed by atoms with Gasteiger partial charge in [-0.1, -0.05) is 29.8 Å². The zero-order valence-corrected chi connectivity index (χ0v) is 14.8. The average Bonchev–Trinajstić information content (AvgIpc) is 2.68. The highest BCUT2D eigenvalue weighted by Gasteiger charge is 2.09. The Balaban J connectivity index is 1.64. The Morgan fingerprint density at radius 1 is 0.815 bits per heavy atom. The van der Waals surface area contributed by atoms with Crippen molar-refractivity contribution < 1.29 is 18.7 Å². The van der Waals surface area contributed by atoms with Crippen LogP contribution in [0.4, 0.5) is 4.39 Å². The van der Waals surface area contributed by atoms with E-state index in [-0.39, 0.29) is 11.6 Å². The minimum absolute atomic E-state index is 0.213. The van der Waals surface area contributed by atoms with Gasteiger partial charge in [-0.25, -0.2) is 9.18 Å². The van der Waals surface area contributed by atoms with Gasteiger partial charge in [-0.15, -0.1) is 0 Å². The summed E-state index contributed by atoms with van der Waals surface area (Å²) in [5.74, 6) is -0.729. The minimum Gasteiger partial charge on any atom is -0.423 e. The lowest BCUT2D eigenvalue weighted by Crippen LogP contribution is -2.08. The van der Waals surface area contributed by atoms with Crippen LogP contribution in [0.5, 0.6) is 5.75 Å². The van der Waals surface area contributed by atoms with Crippen molar-refractivity contribution in [2.24, 2.45) is 0 Å². The number of allylic oxidation sites excluding steroid dienone is 1. The lowest BCUT2D eigenvalue weighted by Gasteiger charge is -2.05. The van der Waals surface area contributed by atoms with Crippen LogP contribution in [0.2, 0.25) is 5.02 Å². The molecule has 134 valence electrons. The Labute approximate surface area is 160 Å². The van der Waals surface area contributed by atoms with E-state index in [4.69, 9.17) is 16.3 Å². The molecule has 3 aromatic carbocycles. The second kappa shape index (κ2) is 8.43. The molecule has 0 heterocycles. The van der Waals surface area contributed by atoms with Crippen molar-refractivity contribution in [2.75, 3.05) is 0 Å². The maximum absolute atomic E-state index is 12.9. The molecule has 0 unspecified atom stereocenters. The van der Waals surface area contributed by atoms with Crippen molar-refractivity contribution in [1.29, 1.82) is 0 Å². The zero-order chi connectivity index (χ0) is 19.2. The van der Waals surface area contributed by atoms with Crippen LogP contribution in [-0.2, 0) is 0 Å². The van der Waals surface area contributed by atoms with Crippen LogP contribution < -0.4 is 4.74 Å². The monoisotopic (exact) mass is 380 g/mol. The van der Waals surface area contributed by atoms with Gasteiger partial charge < -0.3 is 4.74 Å². The van der Waals surface area contributed by atoms with E-state index >= 15 is 0 Å². The molecular formula is C22H14ClFO3. The van der Waals surface area contributed by atoms with Crippen LogP contribution in [-0.4, -0.2) is 11.8 Å². The normalized spacial score (nSPS) is 10.7. The number of rotatable bonds is 5. The summed E-state index contributed by atoms with van der Waals surface area (Å²) in [7, 11) is 0. The molecule has 0 aromatic heterocycles. The van der Waals surface area contributed by atoms with E-state index in [1.165, 1.54) is 18.2 Å². The molecule has 0 N–H and O–H groups in total. The number of halogens is 2. The number of carbonyl (C=O) groups excluding carboxylic acids is 2. The number of hydrogen-bond donors (Lipinski definition) is 0. The fraction of sp³-hybridized carbons (Fsp3) is 0. The van der Waals surface area contributed by atoms with Crippen LogP contribution in [0.25, 0.3) is 6.08 Å². The standard InChI is InChI=1S/C22H14ClFO3/c23-18-8-4-17(5-9-18)22(26)27-20-12-6-16(7-13-20)21(25)14-3-15-1-10-19(24)11-2-15/h1-14H. The predicted octanol–water partition coefficient (Wildman–Crippen LogP) is 5.59. The van der Waals surface area contributed by atoms with Gasteiger partial charge in [-0.05, 0) is 72.3 Å². The van der Waals surface area contributed by atoms with Gasteiger partial charge in [0.1, 0.15) is 11.6 Å². The molecule has 0 bridgehead atoms. The molecule has 3 nitrogen and oxygen atoms in total. The summed E-state index contributed by atoms with van der Waals surface area (Å²) in [6.07, 6.45) is 3.01. The van der Waals surface area contributed by atoms with Gasteiger partial charge >= 0.3 is 5.97 Å². The van der Waals surface area contributed by atoms with Gasteiger partial charge in [0.2, 0.25) is 0 Å². The summed E-state index contributed by atoms with van der Waals surface area (Å²) in [4.78, 5) is 24.2. The van der Waals surface area contributed by atoms with E-state index < -0.39 is 5.97 Å². The molecule has 0 aliphatic carbocycles. The third kappa shape index (κ3) is 5.12. The first-order valence-electron chi connectivity index (χ1n) is 8.07. The number of benzene rings is 3. The molecule has 0 aliphatic rings. The van der Waals surface area contributed by atoms with Crippen molar-refractivity contribution >= 4 is 29.4 Å². The third-order valence-corrected chi connectivity index (χ3v) is 3.98. The van der Waals surface area contributed by atoms with Crippen molar-refractivity contribution in [3.63, 3.8) is 0 Å². The van der Waals surface area contributed by atoms with E-state index in [0.717, 1.165) is 5.56 Å². The molecule has 27 heavy (non-hydrogen) atoms. The van der Waals surface area contributed by atoms with E-state index in [2.05, 4.69) is 0 Å². The summed E-state index contributed by atoms with van der Waals surface area (Å²) >= 11 is 5.79. The quantitative estimate of drug-likeness (QED) is 0.250. The molecular weight excluding hydrogens is 367 g/mol. The Hall–Kier alpha value is -3.24. The largest absolute Gasteiger partial charge is 0.423 e. The smallest absolute Gasteiger partial charge is 0.343 e. The Morgan fingerprint density at radius 3 is 2.04 bits per heavy atom. The molecule has 5 heteroatoms. The number of hydrogen-bond acceptors (Lipinski definition) is 3. The Kier molecular flexibility index (Phi) is 5.79. The zero-order valence-electron chi connectivity index (χ0n) is 14.1. The van der Waals surface area contributed by atoms with E-state index in [1.807, 2.05) is 0 Å². The summed E-state index contributed by atoms with van der Waals surface area (Å²) in [5.41, 5.74) is 1.54. The fourth-order valence-corrected chi connectivity index (χ4v) is 2.41. The molecule has 0 saturated carbocycles. The van der Waals surface area contributed by atoms with Crippen LogP contribution >= 0.6 is 11.6 Å². The molecule has 0 aliphatic heterocycles. The number of carbonyl (C=O) groups is 2. The molecule has 0 spiro atoms. The lowest BCUT2D eigenvalue weighted by atomic mass is 10.1. The van der Waals surface area contributed by atoms with Gasteiger partial charge in [-0.2, -0.15) is 0 Å². The summed E-state index contributed by atoms with van der Waals surface area (Å²) in [6.45, 7) is 0. The van der Waals surface area contributed by atoms with Crippen molar-refractivity contribution in [3.8, 4) is 5.75 Å². The molecule has 3 aromatic rings. The highest BCUT2D eigenvalue weighted by molar-refractivity contribution is 6.30. The first-order chi connectivity index (χ1) is 13.0. The van der Waals surface area contributed by atoms with Gasteiger partial charge in [0.25, 0.3) is 0 Å². The first-order valence-corrected chi connectivity index (χ1v) is 8.45. The number of ketones is 1. The Bertz CT molecular complexity index is 976. The number of ether oxygens (including phenoxy) is 1. The van der Waals surface area contributed by atoms with E-state index in [9.17, 15) is 14.0 Å². The highest BCUT2D eigenvalue weighted by atomic mass is 35.5. The van der Waals surface area contributed by atoms with Gasteiger partial charge in [0.15, 0.2) is 5.78 Å². The summed E-state index contributed by atoms with van der Waals surface area (Å²) in [6, 6.07) is 18.4. The number of esters is 1. The van der Waals surface area contributed by atoms with Gasteiger partial charge in [0, 0.05) is 10.6 Å². The highest BCUT2D eigenvalue weighted by Crippen LogP contribution is 2.17. The van der Waals surface area contributed by atoms with Crippen molar-refractivity contribution in [2.45, 2.75) is 0 Å². The van der Waals surface area contributed by atoms with E-state index in [1.54, 1.807) is 66.7 Å². The fourth-order valence-electron chi connectivity index (χ4n) is 2.28. The minimum atomic E-state index is -0.512. The van der Waals surface area contributed by atoms with Gasteiger partial charge in [-0.3, -0.25) is 4.79 Å². The topological polar surface area (TPSA) is 43.4 Å². The SMILES string of the molecule is O=C(C=Cc1ccc(F)cc1)c1ccc(OC(=O)c2ccc(Cl)cc2)cc1. The van der Waals surface area contributed by atoms with Crippen LogP contribution in [0.1, 0.15) is 26.3 Å². The lowest BCUT2D eigenvalue weighted by molar-refractivity contribution is 0.0734. The average molecular weight is 381 g/mol. The van der Waals surface area contributed by atoms with Gasteiger partial charge in [0.05, 0.1) is 5.56 Å². The Morgan fingerprint density at radius 2 is 1.41 bits per heavy atom. The molecule has 0 radical (unpaired) electrons. The van der Waals surface area contributed by atoms with Crippen LogP contribution in [0, 0.1) is 5.82 Å². The third-order valence-electron chi connectivity index (χ3n) is 3.73. The molecule has 0 saturated heterocycles. The summed E-state index contributed by atoms with van der Waals surface area (Å²) < 4.78 is 18.1. The second-order valence-corrected chi connectivity index (χ2v) is 6.11. The molecule has 0 fully saturated rings. The maximum Gasteiger partial charge on any atom is 0.343 e. The van der Waals surface area contributed by atoms with Crippen LogP contribution in [0.15, 0.2) is 78.9 Å². The molecule has 0 amide bonds. The summed E-state index contributed by atoms with van der Waals surface area (Å²) in [5, 5.41) is 0.531. The predicted molar refractivity (Wildman–Crippen MR) is 103 cm³/mol. The maximum atomic E-state index is 12.9. The van der Waals surface area contributed by atoms with E-state index in [0.29, 0.717) is 21.9 Å². The molecule has 0 atom stereocenters. The van der Waals surface area contributed by atoms with Crippen molar-refractivity contribution in [3.05, 3.63) is 106 Å². The first kappa shape index (κ1) is 18.5.